The maximum atomic E-state index is 5.43. The monoisotopic (exact) mass is 261 g/mol. The van der Waals surface area contributed by atoms with Crippen molar-refractivity contribution < 1.29 is 0 Å². The number of pyridine rings is 1. The van der Waals surface area contributed by atoms with Crippen LogP contribution in [0, 0.1) is 0 Å². The third-order valence-electron chi connectivity index (χ3n) is 4.27. The number of nitrogens with zero attached hydrogens (tertiary/aromatic N) is 3. The van der Waals surface area contributed by atoms with Crippen LogP contribution < -0.4 is 11.3 Å². The van der Waals surface area contributed by atoms with Crippen LogP contribution in [0.25, 0.3) is 0 Å². The Morgan fingerprint density at radius 1 is 1.32 bits per heavy atom. The van der Waals surface area contributed by atoms with E-state index < -0.39 is 0 Å². The molecule has 1 atom stereocenters. The van der Waals surface area contributed by atoms with Crippen LogP contribution in [-0.4, -0.2) is 47.0 Å². The maximum Gasteiger partial charge on any atom is 0.0564 e. The summed E-state index contributed by atoms with van der Waals surface area (Å²) < 4.78 is 0. The minimum atomic E-state index is 0.762. The number of aromatic nitrogens is 1. The molecule has 2 saturated heterocycles. The first-order valence-corrected chi connectivity index (χ1v) is 7.23. The summed E-state index contributed by atoms with van der Waals surface area (Å²) in [5, 5.41) is 0. The third-order valence-corrected chi connectivity index (χ3v) is 4.27. The molecule has 2 aliphatic rings. The maximum absolute atomic E-state index is 5.43. The molecule has 0 radical (unpaired) electrons. The second kappa shape index (κ2) is 5.86. The normalized spacial score (nSPS) is 25.0. The van der Waals surface area contributed by atoms with Crippen molar-refractivity contribution in [3.63, 3.8) is 0 Å². The molecule has 5 heteroatoms. The Hall–Kier alpha value is -1.17. The van der Waals surface area contributed by atoms with E-state index in [-0.39, 0.29) is 0 Å². The lowest BCUT2D eigenvalue weighted by molar-refractivity contribution is 0.229. The summed E-state index contributed by atoms with van der Waals surface area (Å²) in [6.07, 6.45) is 5.87. The second-order valence-corrected chi connectivity index (χ2v) is 5.60. The quantitative estimate of drug-likeness (QED) is 0.626. The SMILES string of the molecule is NNc1ccnc(CN2CCC(N3CCCC3)C2)c1. The predicted octanol–water partition coefficient (Wildman–Crippen LogP) is 1.04. The molecular formula is C14H23N5. The van der Waals surface area contributed by atoms with Crippen LogP contribution in [-0.2, 0) is 6.54 Å². The molecule has 1 aromatic heterocycles. The molecule has 0 aliphatic carbocycles. The van der Waals surface area contributed by atoms with Gasteiger partial charge in [-0.05, 0) is 44.5 Å². The molecule has 0 bridgehead atoms. The van der Waals surface area contributed by atoms with E-state index in [9.17, 15) is 0 Å². The summed E-state index contributed by atoms with van der Waals surface area (Å²) in [4.78, 5) is 9.59. The summed E-state index contributed by atoms with van der Waals surface area (Å²) in [5.41, 5.74) is 4.70. The van der Waals surface area contributed by atoms with Crippen molar-refractivity contribution in [2.75, 3.05) is 31.6 Å². The van der Waals surface area contributed by atoms with Crippen molar-refractivity contribution in [3.05, 3.63) is 24.0 Å². The lowest BCUT2D eigenvalue weighted by Crippen LogP contribution is -2.35. The highest BCUT2D eigenvalue weighted by Gasteiger charge is 2.29. The van der Waals surface area contributed by atoms with Gasteiger partial charge in [-0.2, -0.15) is 0 Å². The molecule has 0 amide bonds. The fourth-order valence-electron chi connectivity index (χ4n) is 3.24. The average molecular weight is 261 g/mol. The lowest BCUT2D eigenvalue weighted by Gasteiger charge is -2.23. The molecule has 0 spiro atoms. The zero-order valence-electron chi connectivity index (χ0n) is 11.4. The van der Waals surface area contributed by atoms with E-state index in [1.807, 2.05) is 18.3 Å². The lowest BCUT2D eigenvalue weighted by atomic mass is 10.2. The first-order chi connectivity index (χ1) is 9.35. The van der Waals surface area contributed by atoms with Crippen LogP contribution >= 0.6 is 0 Å². The van der Waals surface area contributed by atoms with Gasteiger partial charge in [0.15, 0.2) is 0 Å². The van der Waals surface area contributed by atoms with E-state index in [4.69, 9.17) is 5.84 Å². The van der Waals surface area contributed by atoms with Crippen LogP contribution in [0.2, 0.25) is 0 Å². The third kappa shape index (κ3) is 3.05. The van der Waals surface area contributed by atoms with E-state index in [1.54, 1.807) is 0 Å². The zero-order valence-corrected chi connectivity index (χ0v) is 11.4. The van der Waals surface area contributed by atoms with Crippen LogP contribution in [0.3, 0.4) is 0 Å². The number of likely N-dealkylation sites (tertiary alicyclic amines) is 2. The molecule has 1 unspecified atom stereocenters. The topological polar surface area (TPSA) is 57.4 Å². The zero-order chi connectivity index (χ0) is 13.1. The van der Waals surface area contributed by atoms with Gasteiger partial charge in [0.25, 0.3) is 0 Å². The van der Waals surface area contributed by atoms with Gasteiger partial charge in [-0.3, -0.25) is 20.6 Å². The van der Waals surface area contributed by atoms with E-state index >= 15 is 0 Å². The Labute approximate surface area is 114 Å². The minimum Gasteiger partial charge on any atom is -0.324 e. The van der Waals surface area contributed by atoms with Gasteiger partial charge < -0.3 is 5.43 Å². The predicted molar refractivity (Wildman–Crippen MR) is 76.5 cm³/mol. The van der Waals surface area contributed by atoms with Gasteiger partial charge in [0.1, 0.15) is 0 Å². The standard InChI is InChI=1S/C14H23N5/c15-17-12-3-5-16-13(9-12)10-18-8-4-14(11-18)19-6-1-2-7-19/h3,5,9,14H,1-2,4,6-8,10-11,15H2,(H,16,17). The average Bonchev–Trinajstić information content (AvgIpc) is 3.09. The van der Waals surface area contributed by atoms with Gasteiger partial charge in [-0.25, -0.2) is 0 Å². The van der Waals surface area contributed by atoms with Crippen molar-refractivity contribution in [1.82, 2.24) is 14.8 Å². The molecule has 3 N–H and O–H groups in total. The van der Waals surface area contributed by atoms with Gasteiger partial charge in [-0.15, -0.1) is 0 Å². The van der Waals surface area contributed by atoms with E-state index in [0.29, 0.717) is 0 Å². The van der Waals surface area contributed by atoms with Crippen molar-refractivity contribution in [2.24, 2.45) is 5.84 Å². The molecule has 0 aromatic carbocycles. The fourth-order valence-corrected chi connectivity index (χ4v) is 3.24. The number of hydrazine groups is 1. The van der Waals surface area contributed by atoms with Crippen molar-refractivity contribution in [1.29, 1.82) is 0 Å². The van der Waals surface area contributed by atoms with E-state index in [2.05, 4.69) is 20.2 Å². The molecule has 19 heavy (non-hydrogen) atoms. The van der Waals surface area contributed by atoms with E-state index in [0.717, 1.165) is 24.0 Å². The summed E-state index contributed by atoms with van der Waals surface area (Å²) in [6, 6.07) is 4.68. The number of hydrogen-bond donors (Lipinski definition) is 2. The number of anilines is 1. The van der Waals surface area contributed by atoms with Crippen molar-refractivity contribution in [3.8, 4) is 0 Å². The summed E-state index contributed by atoms with van der Waals surface area (Å²) in [6.45, 7) is 5.89. The minimum absolute atomic E-state index is 0.762. The van der Waals surface area contributed by atoms with Gasteiger partial charge in [0.05, 0.1) is 11.4 Å². The highest BCUT2D eigenvalue weighted by atomic mass is 15.3. The highest BCUT2D eigenvalue weighted by Crippen LogP contribution is 2.21. The Morgan fingerprint density at radius 2 is 2.16 bits per heavy atom. The Kier molecular flexibility index (Phi) is 3.96. The smallest absolute Gasteiger partial charge is 0.0564 e. The first kappa shape index (κ1) is 12.8. The number of rotatable bonds is 4. The van der Waals surface area contributed by atoms with Crippen LogP contribution in [0.4, 0.5) is 5.69 Å². The van der Waals surface area contributed by atoms with Gasteiger partial charge in [0, 0.05) is 31.9 Å². The van der Waals surface area contributed by atoms with Crippen LogP contribution in [0.1, 0.15) is 25.0 Å². The van der Waals surface area contributed by atoms with Gasteiger partial charge in [-0.1, -0.05) is 0 Å². The van der Waals surface area contributed by atoms with Gasteiger partial charge >= 0.3 is 0 Å². The first-order valence-electron chi connectivity index (χ1n) is 7.23. The number of nitrogen functional groups attached to an aromatic ring is 1. The summed E-state index contributed by atoms with van der Waals surface area (Å²) in [7, 11) is 0. The van der Waals surface area contributed by atoms with Crippen LogP contribution in [0.5, 0.6) is 0 Å². The molecule has 1 aromatic rings. The number of nitrogens with one attached hydrogen (secondary N) is 1. The second-order valence-electron chi connectivity index (χ2n) is 5.60. The molecule has 3 rings (SSSR count). The largest absolute Gasteiger partial charge is 0.324 e. The van der Waals surface area contributed by atoms with Crippen molar-refractivity contribution >= 4 is 5.69 Å². The molecule has 2 aliphatic heterocycles. The van der Waals surface area contributed by atoms with E-state index in [1.165, 1.54) is 45.4 Å². The molecule has 3 heterocycles. The fraction of sp³-hybridized carbons (Fsp3) is 0.643. The summed E-state index contributed by atoms with van der Waals surface area (Å²) >= 11 is 0. The molecule has 104 valence electrons. The van der Waals surface area contributed by atoms with Gasteiger partial charge in [0.2, 0.25) is 0 Å². The Bertz CT molecular complexity index is 416. The Morgan fingerprint density at radius 3 is 2.95 bits per heavy atom. The molecule has 0 saturated carbocycles. The number of hydrogen-bond acceptors (Lipinski definition) is 5. The molecule has 2 fully saturated rings. The van der Waals surface area contributed by atoms with Crippen molar-refractivity contribution in [2.45, 2.75) is 31.8 Å². The molecular weight excluding hydrogens is 238 g/mol. The highest BCUT2D eigenvalue weighted by molar-refractivity contribution is 5.41. The number of nitrogens with two attached hydrogens (primary N) is 1. The summed E-state index contributed by atoms with van der Waals surface area (Å²) in [5.74, 6) is 5.43. The molecule has 5 nitrogen and oxygen atoms in total. The van der Waals surface area contributed by atoms with Crippen LogP contribution in [0.15, 0.2) is 18.3 Å². The Balaban J connectivity index is 1.56.